The normalized spacial score (nSPS) is 17.2. The quantitative estimate of drug-likeness (QED) is 0.508. The van der Waals surface area contributed by atoms with Gasteiger partial charge in [0.05, 0.1) is 18.9 Å². The number of ether oxygens (including phenoxy) is 1. The molecule has 0 bridgehead atoms. The smallest absolute Gasteiger partial charge is 0.224 e. The minimum atomic E-state index is 0.0860. The van der Waals surface area contributed by atoms with E-state index >= 15 is 0 Å². The van der Waals surface area contributed by atoms with Crippen molar-refractivity contribution in [2.45, 2.75) is 31.0 Å². The molecule has 1 unspecified atom stereocenters. The van der Waals surface area contributed by atoms with Crippen LogP contribution in [0.4, 0.5) is 0 Å². The zero-order chi connectivity index (χ0) is 20.6. The summed E-state index contributed by atoms with van der Waals surface area (Å²) in [6.07, 6.45) is 0.620. The molecule has 0 spiro atoms. The monoisotopic (exact) mass is 434 g/mol. The number of hydrogen-bond acceptors (Lipinski definition) is 6. The average molecular weight is 435 g/mol. The van der Waals surface area contributed by atoms with Gasteiger partial charge in [-0.25, -0.2) is 0 Å². The Kier molecular flexibility index (Phi) is 8.39. The summed E-state index contributed by atoms with van der Waals surface area (Å²) in [4.78, 5) is 16.7. The zero-order valence-electron chi connectivity index (χ0n) is 17.4. The summed E-state index contributed by atoms with van der Waals surface area (Å²) in [7, 11) is 4.07. The van der Waals surface area contributed by atoms with Crippen molar-refractivity contribution >= 4 is 29.4 Å². The van der Waals surface area contributed by atoms with E-state index in [1.54, 1.807) is 0 Å². The largest absolute Gasteiger partial charge is 0.494 e. The van der Waals surface area contributed by atoms with Crippen LogP contribution >= 0.6 is 23.5 Å². The molecule has 1 amide bonds. The van der Waals surface area contributed by atoms with Crippen molar-refractivity contribution in [1.29, 1.82) is 0 Å². The average Bonchev–Trinajstić information content (AvgIpc) is 3.13. The first-order chi connectivity index (χ1) is 14.1. The van der Waals surface area contributed by atoms with Crippen LogP contribution in [0.15, 0.2) is 40.8 Å². The van der Waals surface area contributed by atoms with Gasteiger partial charge in [-0.05, 0) is 50.8 Å². The van der Waals surface area contributed by atoms with E-state index in [-0.39, 0.29) is 11.3 Å². The maximum Gasteiger partial charge on any atom is 0.224 e. The number of furan rings is 1. The van der Waals surface area contributed by atoms with Crippen LogP contribution in [0.5, 0.6) is 5.75 Å². The van der Waals surface area contributed by atoms with E-state index < -0.39 is 0 Å². The van der Waals surface area contributed by atoms with Crippen LogP contribution in [0.2, 0.25) is 0 Å². The summed E-state index contributed by atoms with van der Waals surface area (Å²) in [5.41, 5.74) is 1.16. The number of carbonyl (C=O) groups excluding carboxylic acids is 1. The van der Waals surface area contributed by atoms with Crippen LogP contribution in [0, 0.1) is 0 Å². The van der Waals surface area contributed by atoms with Crippen LogP contribution in [0.1, 0.15) is 35.8 Å². The highest BCUT2D eigenvalue weighted by Gasteiger charge is 2.29. The molecule has 158 valence electrons. The molecule has 1 fully saturated rings. The second kappa shape index (κ2) is 11.0. The summed E-state index contributed by atoms with van der Waals surface area (Å²) >= 11 is 3.65. The minimum Gasteiger partial charge on any atom is -0.494 e. The lowest BCUT2D eigenvalue weighted by atomic mass is 10.2. The topological polar surface area (TPSA) is 45.9 Å². The molecule has 1 aromatic carbocycles. The van der Waals surface area contributed by atoms with E-state index in [2.05, 4.69) is 23.1 Å². The molecule has 1 saturated heterocycles. The lowest BCUT2D eigenvalue weighted by Crippen LogP contribution is -2.38. The molecular formula is C22H30N2O3S2. The minimum absolute atomic E-state index is 0.0860. The fourth-order valence-corrected chi connectivity index (χ4v) is 5.36. The predicted octanol–water partition coefficient (Wildman–Crippen LogP) is 4.64. The second-order valence-electron chi connectivity index (χ2n) is 7.22. The Hall–Kier alpha value is -1.57. The van der Waals surface area contributed by atoms with Crippen molar-refractivity contribution in [2.75, 3.05) is 38.8 Å². The Balaban J connectivity index is 1.53. The van der Waals surface area contributed by atoms with Crippen molar-refractivity contribution in [1.82, 2.24) is 9.80 Å². The van der Waals surface area contributed by atoms with Crippen LogP contribution in [-0.2, 0) is 17.1 Å². The third-order valence-electron chi connectivity index (χ3n) is 4.58. The summed E-state index contributed by atoms with van der Waals surface area (Å²) in [6.45, 7) is 4.20. The van der Waals surface area contributed by atoms with Gasteiger partial charge in [-0.15, -0.1) is 11.8 Å². The summed E-state index contributed by atoms with van der Waals surface area (Å²) in [5, 5.41) is 0.0860. The number of nitrogens with zero attached hydrogens (tertiary/aromatic N) is 2. The van der Waals surface area contributed by atoms with Crippen molar-refractivity contribution in [2.24, 2.45) is 0 Å². The Morgan fingerprint density at radius 1 is 1.21 bits per heavy atom. The Morgan fingerprint density at radius 2 is 1.97 bits per heavy atom. The molecule has 29 heavy (non-hydrogen) atoms. The molecule has 2 aromatic rings. The summed E-state index contributed by atoms with van der Waals surface area (Å²) < 4.78 is 11.4. The SMILES string of the molecule is CCOc1ccc(C2SCCC(=O)N2CCSCc2ccc(CN(C)C)o2)cc1. The molecule has 7 heteroatoms. The van der Waals surface area contributed by atoms with Gasteiger partial charge in [-0.2, -0.15) is 11.8 Å². The number of carbonyl (C=O) groups is 1. The molecular weight excluding hydrogens is 404 g/mol. The van der Waals surface area contributed by atoms with Gasteiger partial charge in [-0.3, -0.25) is 4.79 Å². The van der Waals surface area contributed by atoms with Gasteiger partial charge in [-0.1, -0.05) is 12.1 Å². The van der Waals surface area contributed by atoms with E-state index in [4.69, 9.17) is 9.15 Å². The van der Waals surface area contributed by atoms with Crippen LogP contribution in [0.3, 0.4) is 0 Å². The van der Waals surface area contributed by atoms with E-state index in [1.807, 2.05) is 67.6 Å². The van der Waals surface area contributed by atoms with Gasteiger partial charge >= 0.3 is 0 Å². The number of thioether (sulfide) groups is 2. The standard InChI is InChI=1S/C22H30N2O3S2/c1-4-26-18-7-5-17(6-8-18)22-24(21(25)11-13-29-22)12-14-28-16-20-10-9-19(27-20)15-23(2)3/h5-10,22H,4,11-16H2,1-3H3. The molecule has 1 atom stereocenters. The number of hydrogen-bond donors (Lipinski definition) is 0. The predicted molar refractivity (Wildman–Crippen MR) is 121 cm³/mol. The third-order valence-corrected chi connectivity index (χ3v) is 6.82. The highest BCUT2D eigenvalue weighted by atomic mass is 32.2. The molecule has 1 aliphatic heterocycles. The Labute approximate surface area is 182 Å². The van der Waals surface area contributed by atoms with Crippen molar-refractivity contribution < 1.29 is 13.9 Å². The molecule has 0 radical (unpaired) electrons. The molecule has 5 nitrogen and oxygen atoms in total. The van der Waals surface area contributed by atoms with Gasteiger partial charge in [0.25, 0.3) is 0 Å². The maximum atomic E-state index is 12.6. The Bertz CT molecular complexity index is 777. The summed E-state index contributed by atoms with van der Waals surface area (Å²) in [6, 6.07) is 12.2. The van der Waals surface area contributed by atoms with E-state index in [0.29, 0.717) is 13.0 Å². The fraction of sp³-hybridized carbons (Fsp3) is 0.500. The summed E-state index contributed by atoms with van der Waals surface area (Å²) in [5.74, 6) is 5.70. The van der Waals surface area contributed by atoms with Crippen molar-refractivity contribution in [3.05, 3.63) is 53.5 Å². The van der Waals surface area contributed by atoms with Crippen molar-refractivity contribution in [3.8, 4) is 5.75 Å². The first kappa shape index (κ1) is 22.1. The molecule has 1 aliphatic rings. The van der Waals surface area contributed by atoms with Gasteiger partial charge in [0.1, 0.15) is 22.6 Å². The highest BCUT2D eigenvalue weighted by Crippen LogP contribution is 2.38. The molecule has 3 rings (SSSR count). The highest BCUT2D eigenvalue weighted by molar-refractivity contribution is 7.99. The zero-order valence-corrected chi connectivity index (χ0v) is 19.1. The second-order valence-corrected chi connectivity index (χ2v) is 9.51. The van der Waals surface area contributed by atoms with Crippen LogP contribution in [-0.4, -0.2) is 54.5 Å². The van der Waals surface area contributed by atoms with Crippen LogP contribution in [0.25, 0.3) is 0 Å². The van der Waals surface area contributed by atoms with Crippen LogP contribution < -0.4 is 4.74 Å². The lowest BCUT2D eigenvalue weighted by molar-refractivity contribution is -0.131. The van der Waals surface area contributed by atoms with E-state index in [0.717, 1.165) is 53.2 Å². The maximum absolute atomic E-state index is 12.6. The third kappa shape index (κ3) is 6.46. The molecule has 0 aliphatic carbocycles. The van der Waals surface area contributed by atoms with Gasteiger partial charge < -0.3 is 19.0 Å². The van der Waals surface area contributed by atoms with Gasteiger partial charge in [0.15, 0.2) is 0 Å². The Morgan fingerprint density at radius 3 is 2.69 bits per heavy atom. The molecule has 0 saturated carbocycles. The molecule has 2 heterocycles. The molecule has 1 aromatic heterocycles. The lowest BCUT2D eigenvalue weighted by Gasteiger charge is -2.35. The first-order valence-corrected chi connectivity index (χ1v) is 12.2. The number of benzene rings is 1. The van der Waals surface area contributed by atoms with Crippen molar-refractivity contribution in [3.63, 3.8) is 0 Å². The van der Waals surface area contributed by atoms with E-state index in [9.17, 15) is 4.79 Å². The number of rotatable bonds is 10. The van der Waals surface area contributed by atoms with E-state index in [1.165, 1.54) is 0 Å². The van der Waals surface area contributed by atoms with Gasteiger partial charge in [0, 0.05) is 24.5 Å². The number of amides is 1. The molecule has 0 N–H and O–H groups in total. The van der Waals surface area contributed by atoms with Gasteiger partial charge in [0.2, 0.25) is 5.91 Å². The first-order valence-electron chi connectivity index (χ1n) is 10.0. The fourth-order valence-electron chi connectivity index (χ4n) is 3.27.